The van der Waals surface area contributed by atoms with Gasteiger partial charge in [-0.3, -0.25) is 0 Å². The van der Waals surface area contributed by atoms with E-state index < -0.39 is 29.4 Å². The van der Waals surface area contributed by atoms with Gasteiger partial charge >= 0.3 is 11.7 Å². The van der Waals surface area contributed by atoms with Crippen molar-refractivity contribution in [2.45, 2.75) is 26.3 Å². The maximum atomic E-state index is 13.4. The number of benzene rings is 1. The Morgan fingerprint density at radius 1 is 1.19 bits per heavy atom. The number of carbonyl (C=O) groups is 1. The molecule has 27 heavy (non-hydrogen) atoms. The topological polar surface area (TPSA) is 105 Å². The molecule has 1 aromatic carbocycles. The van der Waals surface area contributed by atoms with Crippen LogP contribution >= 0.6 is 0 Å². The summed E-state index contributed by atoms with van der Waals surface area (Å²) in [5.74, 6) is -1.85. The minimum atomic E-state index is -1.41. The Hall–Kier alpha value is -3.36. The molecule has 7 nitrogen and oxygen atoms in total. The molecule has 0 saturated heterocycles. The first-order valence-corrected chi connectivity index (χ1v) is 7.96. The molecular weight excluding hydrogens is 360 g/mol. The van der Waals surface area contributed by atoms with Crippen molar-refractivity contribution in [3.8, 4) is 0 Å². The number of amides is 1. The van der Waals surface area contributed by atoms with Crippen molar-refractivity contribution < 1.29 is 23.1 Å². The highest BCUT2D eigenvalue weighted by Gasteiger charge is 2.22. The van der Waals surface area contributed by atoms with Crippen LogP contribution in [-0.4, -0.2) is 21.2 Å². The highest BCUT2D eigenvalue weighted by atomic mass is 19.1. The fourth-order valence-electron chi connectivity index (χ4n) is 2.89. The fraction of sp³-hybridized carbons (Fsp3) is 0.222. The van der Waals surface area contributed by atoms with Crippen LogP contribution in [-0.2, 0) is 6.42 Å². The van der Waals surface area contributed by atoms with Crippen LogP contribution in [0.25, 0.3) is 11.0 Å². The summed E-state index contributed by atoms with van der Waals surface area (Å²) in [5.41, 5.74) is 0.812. The van der Waals surface area contributed by atoms with Crippen molar-refractivity contribution in [3.63, 3.8) is 0 Å². The zero-order valence-corrected chi connectivity index (χ0v) is 14.4. The van der Waals surface area contributed by atoms with Crippen molar-refractivity contribution in [2.24, 2.45) is 0 Å². The summed E-state index contributed by atoms with van der Waals surface area (Å²) in [6, 6.07) is 3.38. The predicted octanol–water partition coefficient (Wildman–Crippen LogP) is 3.03. The predicted molar refractivity (Wildman–Crippen MR) is 91.5 cm³/mol. The summed E-state index contributed by atoms with van der Waals surface area (Å²) in [4.78, 5) is 31.8. The van der Waals surface area contributed by atoms with Crippen LogP contribution in [0.2, 0.25) is 0 Å². The number of pyridine rings is 1. The molecule has 0 bridgehead atoms. The maximum absolute atomic E-state index is 13.4. The number of aromatic nitrogens is 2. The lowest BCUT2D eigenvalue weighted by molar-refractivity contribution is 0.186. The van der Waals surface area contributed by atoms with Crippen LogP contribution < -0.4 is 10.9 Å². The summed E-state index contributed by atoms with van der Waals surface area (Å²) in [6.07, 6.45) is -1.58. The number of halogens is 2. The first kappa shape index (κ1) is 18.4. The van der Waals surface area contributed by atoms with Crippen molar-refractivity contribution in [1.82, 2.24) is 15.3 Å². The zero-order valence-electron chi connectivity index (χ0n) is 14.4. The SMILES string of the molecule is Cc1cc(C)c2c(=O)oc([C@H](Cc3cc(F)cc(F)c3)NC(=O)O)nc2n1. The monoisotopic (exact) mass is 375 g/mol. The van der Waals surface area contributed by atoms with E-state index >= 15 is 0 Å². The molecule has 0 fully saturated rings. The number of nitrogens with zero attached hydrogens (tertiary/aromatic N) is 2. The molecular formula is C18H15F2N3O4. The van der Waals surface area contributed by atoms with E-state index in [9.17, 15) is 18.4 Å². The van der Waals surface area contributed by atoms with Crippen molar-refractivity contribution in [1.29, 1.82) is 0 Å². The molecule has 0 radical (unpaired) electrons. The van der Waals surface area contributed by atoms with E-state index in [0.717, 1.165) is 12.1 Å². The van der Waals surface area contributed by atoms with Crippen molar-refractivity contribution in [2.75, 3.05) is 0 Å². The van der Waals surface area contributed by atoms with Crippen LogP contribution in [0.4, 0.5) is 13.6 Å². The molecule has 0 unspecified atom stereocenters. The van der Waals surface area contributed by atoms with Gasteiger partial charge in [-0.1, -0.05) is 0 Å². The van der Waals surface area contributed by atoms with E-state index in [1.54, 1.807) is 19.9 Å². The minimum absolute atomic E-state index is 0.112. The lowest BCUT2D eigenvalue weighted by Gasteiger charge is -2.15. The van der Waals surface area contributed by atoms with Gasteiger partial charge in [-0.05, 0) is 43.2 Å². The van der Waals surface area contributed by atoms with Crippen molar-refractivity contribution in [3.05, 3.63) is 69.0 Å². The van der Waals surface area contributed by atoms with Gasteiger partial charge in [-0.15, -0.1) is 0 Å². The number of aryl methyl sites for hydroxylation is 2. The van der Waals surface area contributed by atoms with Crippen LogP contribution in [0, 0.1) is 25.5 Å². The molecule has 2 heterocycles. The van der Waals surface area contributed by atoms with E-state index in [0.29, 0.717) is 17.3 Å². The smallest absolute Gasteiger partial charge is 0.405 e. The first-order valence-electron chi connectivity index (χ1n) is 7.96. The summed E-state index contributed by atoms with van der Waals surface area (Å²) in [7, 11) is 0. The quantitative estimate of drug-likeness (QED) is 0.726. The molecule has 0 spiro atoms. The number of hydrogen-bond donors (Lipinski definition) is 2. The highest BCUT2D eigenvalue weighted by Crippen LogP contribution is 2.20. The average Bonchev–Trinajstić information content (AvgIpc) is 2.51. The molecule has 2 aromatic heterocycles. The molecule has 1 amide bonds. The van der Waals surface area contributed by atoms with E-state index in [1.807, 2.05) is 0 Å². The van der Waals surface area contributed by atoms with E-state index in [-0.39, 0.29) is 28.9 Å². The van der Waals surface area contributed by atoms with Gasteiger partial charge in [-0.2, -0.15) is 4.98 Å². The van der Waals surface area contributed by atoms with Crippen molar-refractivity contribution >= 4 is 17.1 Å². The second-order valence-electron chi connectivity index (χ2n) is 6.10. The molecule has 140 valence electrons. The van der Waals surface area contributed by atoms with Crippen LogP contribution in [0.5, 0.6) is 0 Å². The molecule has 0 aliphatic carbocycles. The van der Waals surface area contributed by atoms with E-state index in [2.05, 4.69) is 15.3 Å². The molecule has 1 atom stereocenters. The molecule has 3 rings (SSSR count). The summed E-state index contributed by atoms with van der Waals surface area (Å²) in [5, 5.41) is 11.4. The molecule has 9 heteroatoms. The second kappa shape index (κ2) is 7.10. The number of nitrogens with one attached hydrogen (secondary N) is 1. The third-order valence-electron chi connectivity index (χ3n) is 3.90. The van der Waals surface area contributed by atoms with Gasteiger partial charge < -0.3 is 14.8 Å². The molecule has 2 N–H and O–H groups in total. The van der Waals surface area contributed by atoms with E-state index in [1.165, 1.54) is 0 Å². The van der Waals surface area contributed by atoms with Gasteiger partial charge in [0.15, 0.2) is 5.65 Å². The Morgan fingerprint density at radius 2 is 1.85 bits per heavy atom. The lowest BCUT2D eigenvalue weighted by Crippen LogP contribution is -2.30. The zero-order chi connectivity index (χ0) is 19.7. The van der Waals surface area contributed by atoms with Gasteiger partial charge in [0.2, 0.25) is 5.89 Å². The molecule has 0 aliphatic heterocycles. The third-order valence-corrected chi connectivity index (χ3v) is 3.90. The van der Waals surface area contributed by atoms with Crippen LogP contribution in [0.15, 0.2) is 33.5 Å². The Kier molecular flexibility index (Phi) is 4.85. The number of rotatable bonds is 4. The standard InChI is InChI=1S/C18H15F2N3O4/c1-8-3-9(2)21-15-14(8)17(24)27-16(23-15)13(22-18(25)26)6-10-4-11(19)7-12(20)5-10/h3-5,7,13,22H,6H2,1-2H3,(H,25,26)/t13-/m0/s1. The number of carboxylic acid groups (broad SMARTS) is 1. The van der Waals surface area contributed by atoms with Crippen LogP contribution in [0.1, 0.15) is 28.8 Å². The van der Waals surface area contributed by atoms with Gasteiger partial charge in [0.1, 0.15) is 23.1 Å². The number of fused-ring (bicyclic) bond motifs is 1. The van der Waals surface area contributed by atoms with Gasteiger partial charge in [0.25, 0.3) is 0 Å². The largest absolute Gasteiger partial charge is 0.465 e. The summed E-state index contributed by atoms with van der Waals surface area (Å²) >= 11 is 0. The average molecular weight is 375 g/mol. The van der Waals surface area contributed by atoms with Gasteiger partial charge in [-0.25, -0.2) is 23.4 Å². The maximum Gasteiger partial charge on any atom is 0.405 e. The second-order valence-corrected chi connectivity index (χ2v) is 6.10. The Morgan fingerprint density at radius 3 is 2.48 bits per heavy atom. The molecule has 0 saturated carbocycles. The first-order chi connectivity index (χ1) is 12.7. The Bertz CT molecular complexity index is 1080. The summed E-state index contributed by atoms with van der Waals surface area (Å²) in [6.45, 7) is 3.43. The summed E-state index contributed by atoms with van der Waals surface area (Å²) < 4.78 is 32.0. The number of hydrogen-bond acceptors (Lipinski definition) is 5. The third kappa shape index (κ3) is 4.08. The Labute approximate surface area is 151 Å². The minimum Gasteiger partial charge on any atom is -0.465 e. The molecule has 0 aliphatic rings. The van der Waals surface area contributed by atoms with Gasteiger partial charge in [0, 0.05) is 18.2 Å². The van der Waals surface area contributed by atoms with Crippen LogP contribution in [0.3, 0.4) is 0 Å². The van der Waals surface area contributed by atoms with Gasteiger partial charge in [0.05, 0.1) is 0 Å². The van der Waals surface area contributed by atoms with E-state index in [4.69, 9.17) is 9.52 Å². The normalized spacial score (nSPS) is 12.1. The lowest BCUT2D eigenvalue weighted by atomic mass is 10.1. The molecule has 3 aromatic rings. The fourth-order valence-corrected chi connectivity index (χ4v) is 2.89. The Balaban J connectivity index is 2.09. The highest BCUT2D eigenvalue weighted by molar-refractivity contribution is 5.77.